The highest BCUT2D eigenvalue weighted by atomic mass is 19.4. The van der Waals surface area contributed by atoms with Crippen molar-refractivity contribution in [3.8, 4) is 0 Å². The lowest BCUT2D eigenvalue weighted by Gasteiger charge is -2.60. The molecule has 170 valence electrons. The van der Waals surface area contributed by atoms with E-state index in [9.17, 15) is 18.3 Å². The lowest BCUT2D eigenvalue weighted by atomic mass is 9.69. The molecule has 1 heterocycles. The number of hydrogen-bond donors (Lipinski definition) is 1. The highest BCUT2D eigenvalue weighted by molar-refractivity contribution is 5.17. The zero-order chi connectivity index (χ0) is 22.2. The smallest absolute Gasteiger partial charge is 0.377 e. The molecule has 1 aromatic rings. The van der Waals surface area contributed by atoms with Gasteiger partial charge in [-0.3, -0.25) is 4.90 Å². The summed E-state index contributed by atoms with van der Waals surface area (Å²) in [5, 5.41) is 11.1. The number of aliphatic hydroxyl groups is 1. The molecular weight excluding hydrogens is 391 g/mol. The number of rotatable bonds is 6. The van der Waals surface area contributed by atoms with E-state index in [-0.39, 0.29) is 18.4 Å². The second-order valence-electron chi connectivity index (χ2n) is 9.84. The van der Waals surface area contributed by atoms with Crippen molar-refractivity contribution in [2.45, 2.75) is 102 Å². The van der Waals surface area contributed by atoms with Gasteiger partial charge in [0.15, 0.2) is 5.60 Å². The summed E-state index contributed by atoms with van der Waals surface area (Å²) in [7, 11) is 0. The Morgan fingerprint density at radius 3 is 2.43 bits per heavy atom. The maximum Gasteiger partial charge on any atom is 0.421 e. The predicted octanol–water partition coefficient (Wildman–Crippen LogP) is 5.91. The van der Waals surface area contributed by atoms with Crippen molar-refractivity contribution in [3.63, 3.8) is 0 Å². The van der Waals surface area contributed by atoms with Crippen molar-refractivity contribution >= 4 is 0 Å². The van der Waals surface area contributed by atoms with Gasteiger partial charge in [-0.1, -0.05) is 63.4 Å². The van der Waals surface area contributed by atoms with Crippen molar-refractivity contribution in [2.24, 2.45) is 11.8 Å². The summed E-state index contributed by atoms with van der Waals surface area (Å²) >= 11 is 0. The maximum absolute atomic E-state index is 14.3. The van der Waals surface area contributed by atoms with E-state index >= 15 is 0 Å². The van der Waals surface area contributed by atoms with Crippen molar-refractivity contribution in [1.82, 2.24) is 4.90 Å². The molecule has 1 saturated heterocycles. The van der Waals surface area contributed by atoms with Crippen LogP contribution in [0.4, 0.5) is 13.2 Å². The van der Waals surface area contributed by atoms with Gasteiger partial charge in [-0.15, -0.1) is 0 Å². The molecule has 0 amide bonds. The van der Waals surface area contributed by atoms with Gasteiger partial charge in [-0.2, -0.15) is 13.2 Å². The topological polar surface area (TPSA) is 32.7 Å². The van der Waals surface area contributed by atoms with Gasteiger partial charge in [0.1, 0.15) is 6.23 Å². The molecule has 0 aromatic heterocycles. The van der Waals surface area contributed by atoms with E-state index in [1.165, 1.54) is 0 Å². The molecule has 0 radical (unpaired) electrons. The first-order valence-corrected chi connectivity index (χ1v) is 11.3. The van der Waals surface area contributed by atoms with Crippen LogP contribution in [0, 0.1) is 11.8 Å². The molecule has 0 bridgehead atoms. The first-order valence-electron chi connectivity index (χ1n) is 11.3. The second-order valence-corrected chi connectivity index (χ2v) is 9.84. The molecule has 0 spiro atoms. The third-order valence-electron chi connectivity index (χ3n) is 7.29. The third-order valence-corrected chi connectivity index (χ3v) is 7.29. The molecule has 30 heavy (non-hydrogen) atoms. The van der Waals surface area contributed by atoms with Crippen LogP contribution in [-0.4, -0.2) is 39.7 Å². The molecule has 1 aliphatic heterocycles. The van der Waals surface area contributed by atoms with Crippen molar-refractivity contribution in [2.75, 3.05) is 0 Å². The van der Waals surface area contributed by atoms with Gasteiger partial charge in [-0.25, -0.2) is 0 Å². The summed E-state index contributed by atoms with van der Waals surface area (Å²) in [6.07, 6.45) is -3.23. The van der Waals surface area contributed by atoms with Crippen molar-refractivity contribution < 1.29 is 23.0 Å². The fourth-order valence-corrected chi connectivity index (χ4v) is 5.33. The molecule has 3 nitrogen and oxygen atoms in total. The van der Waals surface area contributed by atoms with E-state index in [2.05, 4.69) is 6.92 Å². The molecular formula is C24H36F3NO2. The fourth-order valence-electron chi connectivity index (χ4n) is 5.33. The van der Waals surface area contributed by atoms with Crippen LogP contribution in [-0.2, 0) is 11.3 Å². The van der Waals surface area contributed by atoms with Crippen LogP contribution in [0.5, 0.6) is 0 Å². The standard InChI is InChI=1S/C24H36F3NO2/c1-5-6-14-23(29,24(25,26)27)21-28(16-18-10-8-7-9-11-18)22(3,4)19-13-12-17(2)15-20(19)30-21/h7-11,17,19-21,29H,5-6,12-16H2,1-4H3/t17?,19?,20?,21?,23-/m0/s1. The fraction of sp³-hybridized carbons (Fsp3) is 0.750. The Labute approximate surface area is 178 Å². The number of fused-ring (bicyclic) bond motifs is 1. The Morgan fingerprint density at radius 1 is 1.17 bits per heavy atom. The first-order chi connectivity index (χ1) is 14.0. The van der Waals surface area contributed by atoms with Gasteiger partial charge in [0.05, 0.1) is 6.10 Å². The number of halogens is 3. The van der Waals surface area contributed by atoms with Crippen molar-refractivity contribution in [3.05, 3.63) is 35.9 Å². The minimum absolute atomic E-state index is 0.136. The summed E-state index contributed by atoms with van der Waals surface area (Å²) in [6, 6.07) is 9.51. The second kappa shape index (κ2) is 8.79. The molecule has 1 saturated carbocycles. The van der Waals surface area contributed by atoms with E-state index in [4.69, 9.17) is 4.74 Å². The molecule has 3 rings (SSSR count). The predicted molar refractivity (Wildman–Crippen MR) is 112 cm³/mol. The summed E-state index contributed by atoms with van der Waals surface area (Å²) in [5.74, 6) is 0.551. The van der Waals surface area contributed by atoms with Gasteiger partial charge in [0.2, 0.25) is 0 Å². The molecule has 4 unspecified atom stereocenters. The maximum atomic E-state index is 14.3. The zero-order valence-corrected chi connectivity index (χ0v) is 18.6. The molecule has 2 aliphatic rings. The highest BCUT2D eigenvalue weighted by Crippen LogP contribution is 2.50. The molecule has 1 aromatic carbocycles. The number of nitrogens with zero attached hydrogens (tertiary/aromatic N) is 1. The van der Waals surface area contributed by atoms with Gasteiger partial charge < -0.3 is 9.84 Å². The van der Waals surface area contributed by atoms with Crippen molar-refractivity contribution in [1.29, 1.82) is 0 Å². The molecule has 1 N–H and O–H groups in total. The Hall–Kier alpha value is -1.11. The SMILES string of the molecule is CCCC[C@](O)(C1OC2CC(C)CCC2C(C)(C)N1Cc1ccccc1)C(F)(F)F. The molecule has 5 atom stereocenters. The Morgan fingerprint density at radius 2 is 1.83 bits per heavy atom. The number of benzene rings is 1. The van der Waals surface area contributed by atoms with Gasteiger partial charge in [0.25, 0.3) is 0 Å². The zero-order valence-electron chi connectivity index (χ0n) is 18.6. The van der Waals surface area contributed by atoms with Crippen LogP contribution in [0.1, 0.15) is 71.8 Å². The number of ether oxygens (including phenoxy) is 1. The van der Waals surface area contributed by atoms with E-state index < -0.39 is 23.5 Å². The lowest BCUT2D eigenvalue weighted by Crippen LogP contribution is -2.72. The van der Waals surface area contributed by atoms with Crippen LogP contribution < -0.4 is 0 Å². The average Bonchev–Trinajstić information content (AvgIpc) is 2.67. The molecule has 1 aliphatic carbocycles. The molecule has 6 heteroatoms. The van der Waals surface area contributed by atoms with Crippen LogP contribution in [0.2, 0.25) is 0 Å². The lowest BCUT2D eigenvalue weighted by molar-refractivity contribution is -0.361. The van der Waals surface area contributed by atoms with Crippen LogP contribution >= 0.6 is 0 Å². The number of unbranched alkanes of at least 4 members (excludes halogenated alkanes) is 1. The third kappa shape index (κ3) is 4.42. The van der Waals surface area contributed by atoms with E-state index in [0.717, 1.165) is 24.8 Å². The summed E-state index contributed by atoms with van der Waals surface area (Å²) in [6.45, 7) is 8.32. The Balaban J connectivity index is 2.04. The van der Waals surface area contributed by atoms with E-state index in [0.29, 0.717) is 25.3 Å². The number of alkyl halides is 3. The Bertz CT molecular complexity index is 693. The summed E-state index contributed by atoms with van der Waals surface area (Å²) in [4.78, 5) is 1.78. The normalized spacial score (nSPS) is 31.7. The molecule has 2 fully saturated rings. The van der Waals surface area contributed by atoms with Crippen LogP contribution in [0.25, 0.3) is 0 Å². The van der Waals surface area contributed by atoms with Crippen LogP contribution in [0.15, 0.2) is 30.3 Å². The monoisotopic (exact) mass is 427 g/mol. The minimum Gasteiger partial charge on any atom is -0.377 e. The highest BCUT2D eigenvalue weighted by Gasteiger charge is 2.65. The average molecular weight is 428 g/mol. The van der Waals surface area contributed by atoms with Crippen LogP contribution in [0.3, 0.4) is 0 Å². The van der Waals surface area contributed by atoms with E-state index in [1.54, 1.807) is 4.90 Å². The minimum atomic E-state index is -4.77. The van der Waals surface area contributed by atoms with Gasteiger partial charge in [0, 0.05) is 18.0 Å². The largest absolute Gasteiger partial charge is 0.421 e. The van der Waals surface area contributed by atoms with Gasteiger partial charge >= 0.3 is 6.18 Å². The van der Waals surface area contributed by atoms with E-state index in [1.807, 2.05) is 51.1 Å². The first kappa shape index (κ1) is 23.6. The number of hydrogen-bond acceptors (Lipinski definition) is 3. The quantitative estimate of drug-likeness (QED) is 0.612. The summed E-state index contributed by atoms with van der Waals surface area (Å²) in [5.41, 5.74) is -2.52. The Kier molecular flexibility index (Phi) is 6.90. The summed E-state index contributed by atoms with van der Waals surface area (Å²) < 4.78 is 49.2. The van der Waals surface area contributed by atoms with Gasteiger partial charge in [-0.05, 0) is 44.6 Å².